The van der Waals surface area contributed by atoms with Gasteiger partial charge in [-0.15, -0.1) is 0 Å². The number of ether oxygens (including phenoxy) is 1. The van der Waals surface area contributed by atoms with E-state index in [2.05, 4.69) is 11.9 Å². The summed E-state index contributed by atoms with van der Waals surface area (Å²) in [4.78, 5) is 15.7. The molecule has 0 unspecified atom stereocenters. The van der Waals surface area contributed by atoms with Crippen LogP contribution in [-0.2, 0) is 9.53 Å². The van der Waals surface area contributed by atoms with E-state index in [1.807, 2.05) is 20.8 Å². The van der Waals surface area contributed by atoms with Crippen molar-refractivity contribution >= 4 is 11.7 Å². The molecule has 1 heterocycles. The minimum absolute atomic E-state index is 0.133. The predicted octanol–water partition coefficient (Wildman–Crippen LogP) is 3.06. The summed E-state index contributed by atoms with van der Waals surface area (Å²) in [7, 11) is 0. The number of nitrogens with zero attached hydrogens (tertiary/aromatic N) is 1. The van der Waals surface area contributed by atoms with E-state index in [0.29, 0.717) is 11.6 Å². The van der Waals surface area contributed by atoms with E-state index in [1.165, 1.54) is 0 Å². The highest BCUT2D eigenvalue weighted by molar-refractivity contribution is 6.38. The molecule has 1 rings (SSSR count). The van der Waals surface area contributed by atoms with Gasteiger partial charge in [-0.05, 0) is 25.3 Å². The molecule has 1 aliphatic rings. The lowest BCUT2D eigenvalue weighted by Gasteiger charge is -2.01. The molecule has 0 aromatic rings. The van der Waals surface area contributed by atoms with Crippen LogP contribution in [0.1, 0.15) is 47.0 Å². The summed E-state index contributed by atoms with van der Waals surface area (Å²) in [6, 6.07) is 0. The van der Waals surface area contributed by atoms with Crippen LogP contribution in [0.4, 0.5) is 0 Å². The number of allylic oxidation sites excluding steroid dienone is 1. The molecule has 0 aromatic heterocycles. The molecule has 0 radical (unpaired) electrons. The van der Waals surface area contributed by atoms with Gasteiger partial charge in [0, 0.05) is 5.92 Å². The molecule has 0 saturated carbocycles. The lowest BCUT2D eigenvalue weighted by Crippen LogP contribution is -2.15. The quantitative estimate of drug-likeness (QED) is 0.667. The number of aliphatic imine (C=N–C) groups is 1. The van der Waals surface area contributed by atoms with Crippen LogP contribution in [0.15, 0.2) is 16.4 Å². The van der Waals surface area contributed by atoms with Crippen molar-refractivity contribution in [3.63, 3.8) is 0 Å². The van der Waals surface area contributed by atoms with Crippen LogP contribution >= 0.6 is 0 Å². The van der Waals surface area contributed by atoms with Gasteiger partial charge in [0.25, 0.3) is 0 Å². The van der Waals surface area contributed by atoms with E-state index in [1.54, 1.807) is 0 Å². The largest absolute Gasteiger partial charge is 0.403 e. The number of hydrogen-bond donors (Lipinski definition) is 0. The topological polar surface area (TPSA) is 38.7 Å². The maximum Gasteiger partial charge on any atom is 0.359 e. The summed E-state index contributed by atoms with van der Waals surface area (Å²) in [5, 5.41) is 0. The minimum Gasteiger partial charge on any atom is -0.403 e. The van der Waals surface area contributed by atoms with Gasteiger partial charge in [-0.3, -0.25) is 0 Å². The number of cyclic esters (lactones) is 1. The lowest BCUT2D eigenvalue weighted by molar-refractivity contribution is -0.130. The minimum atomic E-state index is -0.282. The molecule has 0 amide bonds. The molecule has 3 nitrogen and oxygen atoms in total. The Balaban J connectivity index is 2.78. The van der Waals surface area contributed by atoms with Crippen molar-refractivity contribution in [1.82, 2.24) is 0 Å². The van der Waals surface area contributed by atoms with E-state index in [9.17, 15) is 4.79 Å². The summed E-state index contributed by atoms with van der Waals surface area (Å²) in [6.45, 7) is 8.02. The average Bonchev–Trinajstić information content (AvgIpc) is 2.56. The molecule has 0 aliphatic carbocycles. The third kappa shape index (κ3) is 2.91. The molecule has 0 N–H and O–H groups in total. The Bertz CT molecular complexity index is 314. The Morgan fingerprint density at radius 2 is 2.13 bits per heavy atom. The van der Waals surface area contributed by atoms with Crippen LogP contribution in [0.25, 0.3) is 0 Å². The first-order valence-electron chi connectivity index (χ1n) is 5.56. The maximum atomic E-state index is 11.4. The highest BCUT2D eigenvalue weighted by Gasteiger charge is 2.26. The van der Waals surface area contributed by atoms with E-state index in [0.717, 1.165) is 24.8 Å². The predicted molar refractivity (Wildman–Crippen MR) is 60.6 cm³/mol. The molecule has 0 atom stereocenters. The number of esters is 1. The highest BCUT2D eigenvalue weighted by Crippen LogP contribution is 2.21. The van der Waals surface area contributed by atoms with Crippen molar-refractivity contribution < 1.29 is 9.53 Å². The Morgan fingerprint density at radius 1 is 1.47 bits per heavy atom. The first-order chi connectivity index (χ1) is 7.06. The van der Waals surface area contributed by atoms with Crippen molar-refractivity contribution in [2.45, 2.75) is 47.0 Å². The summed E-state index contributed by atoms with van der Waals surface area (Å²) in [5.74, 6) is 0.377. The summed E-state index contributed by atoms with van der Waals surface area (Å²) >= 11 is 0. The zero-order valence-corrected chi connectivity index (χ0v) is 9.96. The fraction of sp³-hybridized carbons (Fsp3) is 0.667. The highest BCUT2D eigenvalue weighted by atomic mass is 16.6. The fourth-order valence-electron chi connectivity index (χ4n) is 1.41. The van der Waals surface area contributed by atoms with Gasteiger partial charge in [-0.1, -0.05) is 27.2 Å². The molecule has 0 spiro atoms. The van der Waals surface area contributed by atoms with Crippen LogP contribution in [0.3, 0.4) is 0 Å². The number of rotatable bonds is 4. The van der Waals surface area contributed by atoms with Gasteiger partial charge >= 0.3 is 5.97 Å². The molecular formula is C12H19NO2. The smallest absolute Gasteiger partial charge is 0.359 e. The molecule has 3 heteroatoms. The van der Waals surface area contributed by atoms with Gasteiger partial charge in [0.2, 0.25) is 5.88 Å². The third-order valence-corrected chi connectivity index (χ3v) is 2.44. The van der Waals surface area contributed by atoms with Crippen molar-refractivity contribution in [3.05, 3.63) is 11.5 Å². The molecule has 1 aliphatic heterocycles. The normalized spacial score (nSPS) is 19.3. The van der Waals surface area contributed by atoms with Gasteiger partial charge in [0.15, 0.2) is 0 Å². The molecule has 15 heavy (non-hydrogen) atoms. The second kappa shape index (κ2) is 5.10. The summed E-state index contributed by atoms with van der Waals surface area (Å²) < 4.78 is 5.13. The Labute approximate surface area is 91.2 Å². The van der Waals surface area contributed by atoms with Crippen molar-refractivity contribution in [2.24, 2.45) is 10.9 Å². The number of carbonyl (C=O) groups is 1. The van der Waals surface area contributed by atoms with E-state index in [4.69, 9.17) is 4.74 Å². The zero-order chi connectivity index (χ0) is 11.4. The van der Waals surface area contributed by atoms with Crippen LogP contribution in [0, 0.1) is 5.92 Å². The van der Waals surface area contributed by atoms with E-state index >= 15 is 0 Å². The standard InChI is InChI=1S/C12H19NO2/c1-5-6-7-9(4)11-13-10(8(2)3)12(14)15-11/h8H,5-7H2,1-4H3/b11-9-. The summed E-state index contributed by atoms with van der Waals surface area (Å²) in [5.41, 5.74) is 1.61. The fourth-order valence-corrected chi connectivity index (χ4v) is 1.41. The molecule has 0 aromatic carbocycles. The SMILES string of the molecule is CCCC/C(C)=C1/N=C(C(C)C)C(=O)O1. The molecular weight excluding hydrogens is 190 g/mol. The first kappa shape index (κ1) is 12.0. The molecule has 84 valence electrons. The number of carbonyl (C=O) groups excluding carboxylic acids is 1. The van der Waals surface area contributed by atoms with Gasteiger partial charge in [0.05, 0.1) is 0 Å². The molecule has 0 saturated heterocycles. The van der Waals surface area contributed by atoms with Gasteiger partial charge in [-0.25, -0.2) is 9.79 Å². The maximum absolute atomic E-state index is 11.4. The zero-order valence-electron chi connectivity index (χ0n) is 9.96. The molecule has 0 fully saturated rings. The molecule has 0 bridgehead atoms. The number of hydrogen-bond acceptors (Lipinski definition) is 3. The van der Waals surface area contributed by atoms with Gasteiger partial charge < -0.3 is 4.74 Å². The van der Waals surface area contributed by atoms with Crippen molar-refractivity contribution in [1.29, 1.82) is 0 Å². The Kier molecular flexibility index (Phi) is 4.06. The monoisotopic (exact) mass is 209 g/mol. The Hall–Kier alpha value is -1.12. The second-order valence-electron chi connectivity index (χ2n) is 4.23. The van der Waals surface area contributed by atoms with E-state index in [-0.39, 0.29) is 11.9 Å². The lowest BCUT2D eigenvalue weighted by atomic mass is 10.1. The summed E-state index contributed by atoms with van der Waals surface area (Å²) in [6.07, 6.45) is 3.20. The van der Waals surface area contributed by atoms with Crippen LogP contribution in [-0.4, -0.2) is 11.7 Å². The third-order valence-electron chi connectivity index (χ3n) is 2.44. The van der Waals surface area contributed by atoms with Crippen LogP contribution in [0.2, 0.25) is 0 Å². The number of unbranched alkanes of at least 4 members (excludes halogenated alkanes) is 1. The van der Waals surface area contributed by atoms with Crippen LogP contribution in [0.5, 0.6) is 0 Å². The van der Waals surface area contributed by atoms with Gasteiger partial charge in [-0.2, -0.15) is 0 Å². The second-order valence-corrected chi connectivity index (χ2v) is 4.23. The first-order valence-corrected chi connectivity index (χ1v) is 5.56. The van der Waals surface area contributed by atoms with Crippen LogP contribution < -0.4 is 0 Å². The van der Waals surface area contributed by atoms with Crippen molar-refractivity contribution in [3.8, 4) is 0 Å². The van der Waals surface area contributed by atoms with Crippen molar-refractivity contribution in [2.75, 3.05) is 0 Å². The van der Waals surface area contributed by atoms with E-state index < -0.39 is 0 Å². The Morgan fingerprint density at radius 3 is 2.60 bits per heavy atom. The van der Waals surface area contributed by atoms with Gasteiger partial charge in [0.1, 0.15) is 5.71 Å². The average molecular weight is 209 g/mol.